The molecular formula is C21H24FN5. The largest absolute Gasteiger partial charge is 0.370 e. The standard InChI is InChI=1S/C21H24FN5/c1-27(2)14-6-13-23-20-15-19(16-7-4-3-5-8-16)25-21(26-20)24-18-11-9-17(22)10-12-18/h3-5,7-12,15H,6,13-14H2,1-2H3,(H2,23,24,25,26). The highest BCUT2D eigenvalue weighted by Crippen LogP contribution is 2.23. The quantitative estimate of drug-likeness (QED) is 0.580. The number of anilines is 3. The van der Waals surface area contributed by atoms with Gasteiger partial charge in [0.1, 0.15) is 11.6 Å². The van der Waals surface area contributed by atoms with Crippen LogP contribution >= 0.6 is 0 Å². The molecule has 0 atom stereocenters. The van der Waals surface area contributed by atoms with E-state index in [1.807, 2.05) is 36.4 Å². The second-order valence-corrected chi connectivity index (χ2v) is 6.54. The zero-order valence-electron chi connectivity index (χ0n) is 15.6. The summed E-state index contributed by atoms with van der Waals surface area (Å²) in [6, 6.07) is 18.1. The molecule has 0 aliphatic heterocycles. The Labute approximate surface area is 159 Å². The summed E-state index contributed by atoms with van der Waals surface area (Å²) in [5, 5.41) is 6.52. The first-order valence-electron chi connectivity index (χ1n) is 8.96. The maximum atomic E-state index is 13.1. The fraction of sp³-hybridized carbons (Fsp3) is 0.238. The van der Waals surface area contributed by atoms with Gasteiger partial charge in [-0.05, 0) is 51.3 Å². The molecule has 3 rings (SSSR count). The summed E-state index contributed by atoms with van der Waals surface area (Å²) in [7, 11) is 4.12. The van der Waals surface area contributed by atoms with E-state index in [9.17, 15) is 4.39 Å². The molecule has 0 bridgehead atoms. The summed E-state index contributed by atoms with van der Waals surface area (Å²) in [5.74, 6) is 0.952. The maximum absolute atomic E-state index is 13.1. The molecule has 6 heteroatoms. The monoisotopic (exact) mass is 365 g/mol. The van der Waals surface area contributed by atoms with Crippen LogP contribution in [0.15, 0.2) is 60.7 Å². The molecule has 1 aromatic heterocycles. The van der Waals surface area contributed by atoms with Crippen molar-refractivity contribution in [1.29, 1.82) is 0 Å². The fourth-order valence-electron chi connectivity index (χ4n) is 2.62. The summed E-state index contributed by atoms with van der Waals surface area (Å²) in [6.07, 6.45) is 1.01. The van der Waals surface area contributed by atoms with Crippen molar-refractivity contribution in [2.75, 3.05) is 37.8 Å². The number of aromatic nitrogens is 2. The van der Waals surface area contributed by atoms with E-state index in [1.54, 1.807) is 12.1 Å². The maximum Gasteiger partial charge on any atom is 0.229 e. The molecule has 0 saturated heterocycles. The van der Waals surface area contributed by atoms with Crippen molar-refractivity contribution in [2.45, 2.75) is 6.42 Å². The van der Waals surface area contributed by atoms with Crippen LogP contribution in [0.5, 0.6) is 0 Å². The van der Waals surface area contributed by atoms with Gasteiger partial charge in [0.25, 0.3) is 0 Å². The van der Waals surface area contributed by atoms with Crippen molar-refractivity contribution in [1.82, 2.24) is 14.9 Å². The zero-order valence-corrected chi connectivity index (χ0v) is 15.6. The molecule has 0 radical (unpaired) electrons. The lowest BCUT2D eigenvalue weighted by molar-refractivity contribution is 0.405. The molecule has 0 aliphatic carbocycles. The van der Waals surface area contributed by atoms with E-state index >= 15 is 0 Å². The number of nitrogens with one attached hydrogen (secondary N) is 2. The molecule has 3 aromatic rings. The number of hydrogen-bond donors (Lipinski definition) is 2. The van der Waals surface area contributed by atoms with Crippen LogP contribution in [0.25, 0.3) is 11.3 Å². The Morgan fingerprint density at radius 1 is 0.963 bits per heavy atom. The van der Waals surface area contributed by atoms with Gasteiger partial charge in [0.05, 0.1) is 5.69 Å². The smallest absolute Gasteiger partial charge is 0.229 e. The number of halogens is 1. The molecule has 2 N–H and O–H groups in total. The minimum atomic E-state index is -0.275. The van der Waals surface area contributed by atoms with Crippen molar-refractivity contribution in [3.05, 3.63) is 66.5 Å². The average molecular weight is 365 g/mol. The molecular weight excluding hydrogens is 341 g/mol. The van der Waals surface area contributed by atoms with Crippen molar-refractivity contribution >= 4 is 17.5 Å². The lowest BCUT2D eigenvalue weighted by Gasteiger charge is -2.13. The van der Waals surface area contributed by atoms with Gasteiger partial charge >= 0.3 is 0 Å². The Morgan fingerprint density at radius 3 is 2.41 bits per heavy atom. The van der Waals surface area contributed by atoms with E-state index in [-0.39, 0.29) is 5.82 Å². The molecule has 2 aromatic carbocycles. The van der Waals surface area contributed by atoms with Gasteiger partial charge in [-0.25, -0.2) is 9.37 Å². The summed E-state index contributed by atoms with van der Waals surface area (Å²) >= 11 is 0. The summed E-state index contributed by atoms with van der Waals surface area (Å²) in [4.78, 5) is 11.3. The normalized spacial score (nSPS) is 10.8. The molecule has 0 spiro atoms. The van der Waals surface area contributed by atoms with E-state index in [4.69, 9.17) is 0 Å². The Bertz CT molecular complexity index is 850. The first kappa shape index (κ1) is 18.8. The van der Waals surface area contributed by atoms with Gasteiger partial charge < -0.3 is 15.5 Å². The highest BCUT2D eigenvalue weighted by Gasteiger charge is 2.07. The number of hydrogen-bond acceptors (Lipinski definition) is 5. The van der Waals surface area contributed by atoms with E-state index in [0.29, 0.717) is 5.95 Å². The van der Waals surface area contributed by atoms with Crippen LogP contribution < -0.4 is 10.6 Å². The highest BCUT2D eigenvalue weighted by molar-refractivity contribution is 5.66. The van der Waals surface area contributed by atoms with Crippen LogP contribution in [0.4, 0.5) is 21.8 Å². The lowest BCUT2D eigenvalue weighted by atomic mass is 10.1. The number of benzene rings is 2. The highest BCUT2D eigenvalue weighted by atomic mass is 19.1. The second kappa shape index (κ2) is 9.09. The second-order valence-electron chi connectivity index (χ2n) is 6.54. The summed E-state index contributed by atoms with van der Waals surface area (Å²) in [5.41, 5.74) is 2.57. The van der Waals surface area contributed by atoms with Crippen LogP contribution in [0.3, 0.4) is 0 Å². The molecule has 0 amide bonds. The van der Waals surface area contributed by atoms with Gasteiger partial charge in [-0.1, -0.05) is 30.3 Å². The molecule has 27 heavy (non-hydrogen) atoms. The molecule has 1 heterocycles. The SMILES string of the molecule is CN(C)CCCNc1cc(-c2ccccc2)nc(Nc2ccc(F)cc2)n1. The summed E-state index contributed by atoms with van der Waals surface area (Å²) in [6.45, 7) is 1.82. The third-order valence-electron chi connectivity index (χ3n) is 3.98. The van der Waals surface area contributed by atoms with E-state index in [1.165, 1.54) is 12.1 Å². The molecule has 0 saturated carbocycles. The van der Waals surface area contributed by atoms with Crippen molar-refractivity contribution < 1.29 is 4.39 Å². The molecule has 0 fully saturated rings. The first-order valence-corrected chi connectivity index (χ1v) is 8.96. The molecule has 0 aliphatic rings. The number of rotatable bonds is 8. The minimum absolute atomic E-state index is 0.275. The van der Waals surface area contributed by atoms with Gasteiger partial charge in [-0.15, -0.1) is 0 Å². The lowest BCUT2D eigenvalue weighted by Crippen LogP contribution is -2.16. The van der Waals surface area contributed by atoms with E-state index in [2.05, 4.69) is 39.6 Å². The third-order valence-corrected chi connectivity index (χ3v) is 3.98. The number of nitrogens with zero attached hydrogens (tertiary/aromatic N) is 3. The van der Waals surface area contributed by atoms with Crippen LogP contribution in [0, 0.1) is 5.82 Å². The topological polar surface area (TPSA) is 53.1 Å². The van der Waals surface area contributed by atoms with E-state index in [0.717, 1.165) is 42.3 Å². The molecule has 5 nitrogen and oxygen atoms in total. The van der Waals surface area contributed by atoms with Crippen LogP contribution in [0.2, 0.25) is 0 Å². The van der Waals surface area contributed by atoms with Crippen molar-refractivity contribution in [3.8, 4) is 11.3 Å². The fourth-order valence-corrected chi connectivity index (χ4v) is 2.62. The van der Waals surface area contributed by atoms with Crippen molar-refractivity contribution in [2.24, 2.45) is 0 Å². The predicted octanol–water partition coefficient (Wildman–Crippen LogP) is 4.39. The van der Waals surface area contributed by atoms with Crippen LogP contribution in [-0.4, -0.2) is 42.1 Å². The van der Waals surface area contributed by atoms with Gasteiger partial charge in [0.2, 0.25) is 5.95 Å². The Balaban J connectivity index is 1.82. The average Bonchev–Trinajstić information content (AvgIpc) is 2.67. The Kier molecular flexibility index (Phi) is 6.33. The van der Waals surface area contributed by atoms with E-state index < -0.39 is 0 Å². The molecule has 140 valence electrons. The van der Waals surface area contributed by atoms with Gasteiger partial charge in [0.15, 0.2) is 0 Å². The van der Waals surface area contributed by atoms with Crippen molar-refractivity contribution in [3.63, 3.8) is 0 Å². The Hall–Kier alpha value is -2.99. The molecule has 0 unspecified atom stereocenters. The minimum Gasteiger partial charge on any atom is -0.370 e. The van der Waals surface area contributed by atoms with Gasteiger partial charge in [0, 0.05) is 23.9 Å². The zero-order chi connectivity index (χ0) is 19.1. The third kappa shape index (κ3) is 5.76. The predicted molar refractivity (Wildman–Crippen MR) is 109 cm³/mol. The van der Waals surface area contributed by atoms with Crippen LogP contribution in [0.1, 0.15) is 6.42 Å². The Morgan fingerprint density at radius 2 is 1.70 bits per heavy atom. The first-order chi connectivity index (χ1) is 13.1. The van der Waals surface area contributed by atoms with Gasteiger partial charge in [-0.2, -0.15) is 4.98 Å². The summed E-state index contributed by atoms with van der Waals surface area (Å²) < 4.78 is 13.1. The van der Waals surface area contributed by atoms with Gasteiger partial charge in [-0.3, -0.25) is 0 Å². The van der Waals surface area contributed by atoms with Crippen LogP contribution in [-0.2, 0) is 0 Å².